The maximum absolute atomic E-state index is 13.7. The second-order valence-corrected chi connectivity index (χ2v) is 16.2. The number of nitrogens with one attached hydrogen (secondary N) is 1. The summed E-state index contributed by atoms with van der Waals surface area (Å²) in [6, 6.07) is 16.8. The number of halogens is 2. The standard InChI is InChI=1S/C33H41F2N3O9S2/c1-45-31-10-9-29(16-30(31)24-7-5-23(18-36)6-8-24)49(43,44)38-13-11-32(12-14-38)17-25(20-47-32)37-19-26(40)21-46-27-3-2-4-28(15-27)48(41,42)33(34,35)22-39/h2-10,15-16,25-26,37,39-40H,11-14,17-22,36H2,1H3/t25-,26-/m0/s1. The number of nitrogens with zero attached hydrogens (tertiary/aromatic N) is 1. The van der Waals surface area contributed by atoms with Crippen molar-refractivity contribution in [3.8, 4) is 22.6 Å². The van der Waals surface area contributed by atoms with Crippen LogP contribution in [-0.4, -0.2) is 101 Å². The van der Waals surface area contributed by atoms with Gasteiger partial charge in [-0.05, 0) is 66.8 Å². The first-order chi connectivity index (χ1) is 23.2. The molecule has 2 fully saturated rings. The van der Waals surface area contributed by atoms with E-state index in [0.29, 0.717) is 43.7 Å². The second kappa shape index (κ2) is 14.9. The zero-order valence-corrected chi connectivity index (χ0v) is 28.6. The number of aliphatic hydroxyl groups is 2. The number of alkyl halides is 2. The number of methoxy groups -OCH3 is 1. The molecule has 0 radical (unpaired) electrons. The Balaban J connectivity index is 1.13. The van der Waals surface area contributed by atoms with Crippen LogP contribution in [0.3, 0.4) is 0 Å². The van der Waals surface area contributed by atoms with Crippen LogP contribution in [0.5, 0.6) is 11.5 Å². The lowest BCUT2D eigenvalue weighted by molar-refractivity contribution is -0.0312. The Morgan fingerprint density at radius 3 is 2.43 bits per heavy atom. The lowest BCUT2D eigenvalue weighted by atomic mass is 9.88. The first-order valence-electron chi connectivity index (χ1n) is 15.7. The van der Waals surface area contributed by atoms with Gasteiger partial charge in [-0.25, -0.2) is 16.8 Å². The van der Waals surface area contributed by atoms with E-state index in [9.17, 15) is 30.7 Å². The van der Waals surface area contributed by atoms with Crippen LogP contribution in [-0.2, 0) is 31.1 Å². The zero-order chi connectivity index (χ0) is 35.5. The van der Waals surface area contributed by atoms with Gasteiger partial charge in [-0.2, -0.15) is 13.1 Å². The molecule has 268 valence electrons. The number of ether oxygens (including phenoxy) is 3. The van der Waals surface area contributed by atoms with Crippen molar-refractivity contribution in [1.82, 2.24) is 9.62 Å². The lowest BCUT2D eigenvalue weighted by Crippen LogP contribution is -2.47. The van der Waals surface area contributed by atoms with E-state index in [1.165, 1.54) is 23.5 Å². The summed E-state index contributed by atoms with van der Waals surface area (Å²) < 4.78 is 97.7. The first kappa shape index (κ1) is 37.0. The quantitative estimate of drug-likeness (QED) is 0.192. The Morgan fingerprint density at radius 2 is 1.78 bits per heavy atom. The van der Waals surface area contributed by atoms with Crippen molar-refractivity contribution in [3.63, 3.8) is 0 Å². The van der Waals surface area contributed by atoms with Crippen LogP contribution in [0, 0.1) is 0 Å². The Hall–Kier alpha value is -3.22. The van der Waals surface area contributed by atoms with Gasteiger partial charge >= 0.3 is 5.25 Å². The lowest BCUT2D eigenvalue weighted by Gasteiger charge is -2.38. The summed E-state index contributed by atoms with van der Waals surface area (Å²) in [7, 11) is -7.39. The largest absolute Gasteiger partial charge is 0.496 e. The van der Waals surface area contributed by atoms with E-state index in [-0.39, 0.29) is 42.9 Å². The fourth-order valence-corrected chi connectivity index (χ4v) is 8.56. The third-order valence-electron chi connectivity index (χ3n) is 8.93. The molecule has 3 aromatic carbocycles. The molecule has 2 heterocycles. The highest BCUT2D eigenvalue weighted by Crippen LogP contribution is 2.39. The fourth-order valence-electron chi connectivity index (χ4n) is 6.04. The monoisotopic (exact) mass is 725 g/mol. The van der Waals surface area contributed by atoms with E-state index in [1.54, 1.807) is 18.2 Å². The molecule has 0 aromatic heterocycles. The van der Waals surface area contributed by atoms with Crippen LogP contribution in [0.1, 0.15) is 24.8 Å². The summed E-state index contributed by atoms with van der Waals surface area (Å²) in [6.45, 7) is -0.678. The van der Waals surface area contributed by atoms with Gasteiger partial charge in [-0.15, -0.1) is 0 Å². The van der Waals surface area contributed by atoms with Crippen LogP contribution in [0.2, 0.25) is 0 Å². The Kier molecular flexibility index (Phi) is 11.3. The molecule has 49 heavy (non-hydrogen) atoms. The van der Waals surface area contributed by atoms with Gasteiger partial charge in [-0.1, -0.05) is 30.3 Å². The minimum Gasteiger partial charge on any atom is -0.496 e. The fraction of sp³-hybridized carbons (Fsp3) is 0.455. The van der Waals surface area contributed by atoms with Gasteiger partial charge in [0.1, 0.15) is 30.8 Å². The van der Waals surface area contributed by atoms with Crippen molar-refractivity contribution in [3.05, 3.63) is 72.3 Å². The van der Waals surface area contributed by atoms with Crippen LogP contribution in [0.4, 0.5) is 8.78 Å². The average Bonchev–Trinajstić information content (AvgIpc) is 3.51. The first-order valence-corrected chi connectivity index (χ1v) is 18.6. The van der Waals surface area contributed by atoms with Gasteiger partial charge < -0.3 is 35.5 Å². The molecule has 16 heteroatoms. The Bertz CT molecular complexity index is 1820. The van der Waals surface area contributed by atoms with Crippen molar-refractivity contribution < 1.29 is 50.0 Å². The van der Waals surface area contributed by atoms with Crippen molar-refractivity contribution in [2.75, 3.05) is 46.6 Å². The summed E-state index contributed by atoms with van der Waals surface area (Å²) >= 11 is 0. The highest BCUT2D eigenvalue weighted by atomic mass is 32.2. The van der Waals surface area contributed by atoms with Gasteiger partial charge in [0.2, 0.25) is 19.9 Å². The number of hydrogen-bond acceptors (Lipinski definition) is 11. The minimum atomic E-state index is -5.12. The number of hydrogen-bond donors (Lipinski definition) is 4. The molecule has 3 aromatic rings. The van der Waals surface area contributed by atoms with Crippen LogP contribution >= 0.6 is 0 Å². The molecule has 0 saturated carbocycles. The molecule has 2 saturated heterocycles. The molecule has 0 unspecified atom stereocenters. The Morgan fingerprint density at radius 1 is 1.06 bits per heavy atom. The molecule has 0 amide bonds. The smallest absolute Gasteiger partial charge is 0.372 e. The normalized spacial score (nSPS) is 19.2. The molecular weight excluding hydrogens is 685 g/mol. The predicted octanol–water partition coefficient (Wildman–Crippen LogP) is 2.52. The molecule has 0 aliphatic carbocycles. The van der Waals surface area contributed by atoms with E-state index in [4.69, 9.17) is 25.1 Å². The number of sulfonamides is 1. The number of nitrogens with two attached hydrogens (primary N) is 1. The van der Waals surface area contributed by atoms with Crippen LogP contribution in [0.25, 0.3) is 11.1 Å². The van der Waals surface area contributed by atoms with Gasteiger partial charge in [0.05, 0.1) is 29.1 Å². The molecule has 12 nitrogen and oxygen atoms in total. The average molecular weight is 726 g/mol. The highest BCUT2D eigenvalue weighted by Gasteiger charge is 2.46. The van der Waals surface area contributed by atoms with E-state index in [2.05, 4.69) is 5.32 Å². The second-order valence-electron chi connectivity index (χ2n) is 12.2. The molecule has 1 spiro atoms. The number of sulfone groups is 1. The van der Waals surface area contributed by atoms with Crippen LogP contribution < -0.4 is 20.5 Å². The van der Waals surface area contributed by atoms with Gasteiger partial charge in [0.25, 0.3) is 0 Å². The molecular formula is C33H41F2N3O9S2. The van der Waals surface area contributed by atoms with Crippen molar-refractivity contribution in [2.24, 2.45) is 5.73 Å². The number of piperidine rings is 1. The minimum absolute atomic E-state index is 0.0363. The van der Waals surface area contributed by atoms with Crippen molar-refractivity contribution >= 4 is 19.9 Å². The van der Waals surface area contributed by atoms with Crippen molar-refractivity contribution in [1.29, 1.82) is 0 Å². The summed E-state index contributed by atoms with van der Waals surface area (Å²) in [5, 5.41) is 18.1. The topological polar surface area (TPSA) is 178 Å². The SMILES string of the molecule is COc1ccc(S(=O)(=O)N2CCC3(CC2)C[C@H](NC[C@H](O)COc2cccc(S(=O)(=O)C(F)(F)CO)c2)CO3)cc1-c1ccc(CN)cc1. The van der Waals surface area contributed by atoms with Crippen molar-refractivity contribution in [2.45, 2.75) is 58.6 Å². The number of aliphatic hydroxyl groups excluding tert-OH is 2. The Labute approximate surface area is 284 Å². The number of benzene rings is 3. The molecule has 2 aliphatic heterocycles. The van der Waals surface area contributed by atoms with Gasteiger partial charge in [0.15, 0.2) is 0 Å². The summed E-state index contributed by atoms with van der Waals surface area (Å²) in [4.78, 5) is -0.548. The maximum atomic E-state index is 13.7. The molecule has 0 bridgehead atoms. The highest BCUT2D eigenvalue weighted by molar-refractivity contribution is 7.92. The molecule has 5 N–H and O–H groups in total. The van der Waals surface area contributed by atoms with E-state index in [1.807, 2.05) is 24.3 Å². The zero-order valence-electron chi connectivity index (χ0n) is 26.9. The van der Waals surface area contributed by atoms with Gasteiger partial charge in [0, 0.05) is 37.8 Å². The summed E-state index contributed by atoms with van der Waals surface area (Å²) in [5.74, 6) is 0.517. The molecule has 5 rings (SSSR count). The van der Waals surface area contributed by atoms with E-state index >= 15 is 0 Å². The molecule has 2 aliphatic rings. The maximum Gasteiger partial charge on any atom is 0.372 e. The third kappa shape index (κ3) is 8.07. The predicted molar refractivity (Wildman–Crippen MR) is 177 cm³/mol. The van der Waals surface area contributed by atoms with Gasteiger partial charge in [-0.3, -0.25) is 0 Å². The van der Waals surface area contributed by atoms with E-state index < -0.39 is 48.3 Å². The third-order valence-corrected chi connectivity index (χ3v) is 12.6. The summed E-state index contributed by atoms with van der Waals surface area (Å²) in [5.41, 5.74) is 7.63. The summed E-state index contributed by atoms with van der Waals surface area (Å²) in [6.07, 6.45) is 0.581. The van der Waals surface area contributed by atoms with Crippen LogP contribution in [0.15, 0.2) is 76.5 Å². The molecule has 2 atom stereocenters. The van der Waals surface area contributed by atoms with E-state index in [0.717, 1.165) is 23.3 Å². The number of rotatable bonds is 14.